The van der Waals surface area contributed by atoms with E-state index in [4.69, 9.17) is 16.3 Å². The fourth-order valence-electron chi connectivity index (χ4n) is 1.59. The van der Waals surface area contributed by atoms with Gasteiger partial charge >= 0.3 is 0 Å². The van der Waals surface area contributed by atoms with Crippen LogP contribution in [0.4, 0.5) is 0 Å². The minimum Gasteiger partial charge on any atom is -0.481 e. The van der Waals surface area contributed by atoms with Gasteiger partial charge in [0.15, 0.2) is 0 Å². The predicted octanol–water partition coefficient (Wildman–Crippen LogP) is 1.71. The summed E-state index contributed by atoms with van der Waals surface area (Å²) in [7, 11) is -0.846. The smallest absolute Gasteiger partial charge is 0.242 e. The van der Waals surface area contributed by atoms with E-state index < -0.39 is 10.0 Å². The molecule has 6 nitrogen and oxygen atoms in total. The van der Waals surface area contributed by atoms with Gasteiger partial charge in [0.1, 0.15) is 4.90 Å². The quantitative estimate of drug-likeness (QED) is 0.929. The van der Waals surface area contributed by atoms with Crippen molar-refractivity contribution >= 4 is 21.6 Å². The lowest BCUT2D eigenvalue weighted by atomic mass is 10.2. The molecule has 0 aliphatic rings. The molecule has 0 atom stereocenters. The molecule has 0 spiro atoms. The summed E-state index contributed by atoms with van der Waals surface area (Å²) in [6.45, 7) is 0. The molecule has 2 heterocycles. The third-order valence-electron chi connectivity index (χ3n) is 2.60. The number of nitrogens with zero attached hydrogens (tertiary/aromatic N) is 2. The first-order valence-electron chi connectivity index (χ1n) is 5.57. The van der Waals surface area contributed by atoms with Crippen molar-refractivity contribution in [3.8, 4) is 17.1 Å². The van der Waals surface area contributed by atoms with Crippen LogP contribution in [0.15, 0.2) is 35.5 Å². The fourth-order valence-corrected chi connectivity index (χ4v) is 2.74. The second kappa shape index (κ2) is 5.74. The molecule has 0 saturated heterocycles. The van der Waals surface area contributed by atoms with Crippen LogP contribution in [0.25, 0.3) is 11.3 Å². The van der Waals surface area contributed by atoms with Crippen molar-refractivity contribution in [1.29, 1.82) is 0 Å². The van der Waals surface area contributed by atoms with Crippen LogP contribution in [0.1, 0.15) is 0 Å². The largest absolute Gasteiger partial charge is 0.481 e. The molecule has 0 unspecified atom stereocenters. The number of pyridine rings is 2. The van der Waals surface area contributed by atoms with Gasteiger partial charge in [-0.2, -0.15) is 0 Å². The summed E-state index contributed by atoms with van der Waals surface area (Å²) in [5.74, 6) is 0.431. The molecule has 0 saturated carbocycles. The standard InChI is InChI=1S/C12H12ClN3O3S/c1-14-20(17,18)10-5-9(13)7-16-12(10)8-3-4-11(19-2)15-6-8/h3-7,14H,1-2H3. The molecule has 0 radical (unpaired) electrons. The average molecular weight is 314 g/mol. The molecule has 2 aromatic heterocycles. The summed E-state index contributed by atoms with van der Waals surface area (Å²) in [6.07, 6.45) is 2.87. The molecule has 0 amide bonds. The van der Waals surface area contributed by atoms with E-state index in [2.05, 4.69) is 14.7 Å². The van der Waals surface area contributed by atoms with Gasteiger partial charge in [-0.3, -0.25) is 4.98 Å². The maximum atomic E-state index is 12.0. The minimum atomic E-state index is -3.67. The average Bonchev–Trinajstić information content (AvgIpc) is 2.47. The molecule has 0 bridgehead atoms. The first-order valence-corrected chi connectivity index (χ1v) is 7.43. The monoisotopic (exact) mass is 313 g/mol. The van der Waals surface area contributed by atoms with Crippen molar-refractivity contribution < 1.29 is 13.2 Å². The number of hydrogen-bond donors (Lipinski definition) is 1. The maximum Gasteiger partial charge on any atom is 0.242 e. The topological polar surface area (TPSA) is 81.2 Å². The molecule has 2 rings (SSSR count). The van der Waals surface area contributed by atoms with E-state index in [1.54, 1.807) is 12.1 Å². The number of methoxy groups -OCH3 is 1. The second-order valence-electron chi connectivity index (χ2n) is 3.80. The van der Waals surface area contributed by atoms with Gasteiger partial charge in [0.2, 0.25) is 15.9 Å². The van der Waals surface area contributed by atoms with Gasteiger partial charge in [-0.25, -0.2) is 18.1 Å². The highest BCUT2D eigenvalue weighted by Crippen LogP contribution is 2.27. The Labute approximate surface area is 121 Å². The first-order chi connectivity index (χ1) is 9.47. The van der Waals surface area contributed by atoms with E-state index in [-0.39, 0.29) is 15.6 Å². The van der Waals surface area contributed by atoms with Crippen molar-refractivity contribution in [1.82, 2.24) is 14.7 Å². The van der Waals surface area contributed by atoms with Crippen molar-refractivity contribution in [2.75, 3.05) is 14.2 Å². The molecule has 106 valence electrons. The molecule has 20 heavy (non-hydrogen) atoms. The number of aromatic nitrogens is 2. The van der Waals surface area contributed by atoms with Crippen LogP contribution in [-0.4, -0.2) is 32.5 Å². The van der Waals surface area contributed by atoms with E-state index >= 15 is 0 Å². The third kappa shape index (κ3) is 2.90. The van der Waals surface area contributed by atoms with Gasteiger partial charge in [-0.15, -0.1) is 0 Å². The fraction of sp³-hybridized carbons (Fsp3) is 0.167. The predicted molar refractivity (Wildman–Crippen MR) is 75.3 cm³/mol. The summed E-state index contributed by atoms with van der Waals surface area (Å²) in [5.41, 5.74) is 0.829. The first kappa shape index (κ1) is 14.7. The summed E-state index contributed by atoms with van der Waals surface area (Å²) in [6, 6.07) is 4.65. The highest BCUT2D eigenvalue weighted by atomic mass is 35.5. The maximum absolute atomic E-state index is 12.0. The number of nitrogens with one attached hydrogen (secondary N) is 1. The van der Waals surface area contributed by atoms with Crippen LogP contribution < -0.4 is 9.46 Å². The Hall–Kier alpha value is -1.70. The van der Waals surface area contributed by atoms with E-state index in [0.717, 1.165) is 0 Å². The van der Waals surface area contributed by atoms with E-state index in [1.807, 2.05) is 0 Å². The van der Waals surface area contributed by atoms with Crippen molar-refractivity contribution in [3.05, 3.63) is 35.6 Å². The van der Waals surface area contributed by atoms with E-state index in [9.17, 15) is 8.42 Å². The Morgan fingerprint density at radius 3 is 2.55 bits per heavy atom. The summed E-state index contributed by atoms with van der Waals surface area (Å²) < 4.78 is 31.2. The summed E-state index contributed by atoms with van der Waals surface area (Å²) >= 11 is 5.82. The van der Waals surface area contributed by atoms with Gasteiger partial charge in [-0.1, -0.05) is 11.6 Å². The van der Waals surface area contributed by atoms with Crippen molar-refractivity contribution in [2.24, 2.45) is 0 Å². The second-order valence-corrected chi connectivity index (χ2v) is 6.09. The molecule has 0 aromatic carbocycles. The molecular weight excluding hydrogens is 302 g/mol. The summed E-state index contributed by atoms with van der Waals surface area (Å²) in [4.78, 5) is 8.12. The lowest BCUT2D eigenvalue weighted by molar-refractivity contribution is 0.398. The Kier molecular flexibility index (Phi) is 4.22. The van der Waals surface area contributed by atoms with Gasteiger partial charge in [0.25, 0.3) is 0 Å². The molecule has 0 aliphatic carbocycles. The van der Waals surface area contributed by atoms with Crippen molar-refractivity contribution in [2.45, 2.75) is 4.90 Å². The zero-order valence-electron chi connectivity index (χ0n) is 10.8. The molecule has 8 heteroatoms. The zero-order valence-corrected chi connectivity index (χ0v) is 12.4. The Balaban J connectivity index is 2.61. The van der Waals surface area contributed by atoms with E-state index in [0.29, 0.717) is 11.4 Å². The number of ether oxygens (including phenoxy) is 1. The van der Waals surface area contributed by atoms with Crippen LogP contribution >= 0.6 is 11.6 Å². The van der Waals surface area contributed by atoms with Crippen LogP contribution in [0.2, 0.25) is 5.02 Å². The molecule has 0 aliphatic heterocycles. The SMILES string of the molecule is CNS(=O)(=O)c1cc(Cl)cnc1-c1ccc(OC)nc1. The molecule has 1 N–H and O–H groups in total. The van der Waals surface area contributed by atoms with Gasteiger partial charge in [0, 0.05) is 24.0 Å². The number of rotatable bonds is 4. The van der Waals surface area contributed by atoms with Crippen LogP contribution in [-0.2, 0) is 10.0 Å². The van der Waals surface area contributed by atoms with Crippen LogP contribution in [0, 0.1) is 0 Å². The Morgan fingerprint density at radius 2 is 2.00 bits per heavy atom. The van der Waals surface area contributed by atoms with Gasteiger partial charge < -0.3 is 4.74 Å². The van der Waals surface area contributed by atoms with Gasteiger partial charge in [-0.05, 0) is 19.2 Å². The number of sulfonamides is 1. The third-order valence-corrected chi connectivity index (χ3v) is 4.23. The number of halogens is 1. The van der Waals surface area contributed by atoms with Crippen LogP contribution in [0.3, 0.4) is 0 Å². The highest BCUT2D eigenvalue weighted by molar-refractivity contribution is 7.89. The molecular formula is C12H12ClN3O3S. The highest BCUT2D eigenvalue weighted by Gasteiger charge is 2.20. The lowest BCUT2D eigenvalue weighted by Gasteiger charge is -2.09. The minimum absolute atomic E-state index is 0.000494. The summed E-state index contributed by atoms with van der Waals surface area (Å²) in [5, 5.41) is 0.240. The van der Waals surface area contributed by atoms with Crippen molar-refractivity contribution in [3.63, 3.8) is 0 Å². The Morgan fingerprint density at radius 1 is 1.25 bits per heavy atom. The lowest BCUT2D eigenvalue weighted by Crippen LogP contribution is -2.19. The van der Waals surface area contributed by atoms with Crippen LogP contribution in [0.5, 0.6) is 5.88 Å². The normalized spacial score (nSPS) is 11.3. The number of hydrogen-bond acceptors (Lipinski definition) is 5. The van der Waals surface area contributed by atoms with Gasteiger partial charge in [0.05, 0.1) is 17.8 Å². The zero-order chi connectivity index (χ0) is 14.8. The van der Waals surface area contributed by atoms with E-state index in [1.165, 1.54) is 32.6 Å². The molecule has 2 aromatic rings. The Bertz CT molecular complexity index is 717. The molecule has 0 fully saturated rings.